The third-order valence-electron chi connectivity index (χ3n) is 3.52. The van der Waals surface area contributed by atoms with Gasteiger partial charge in [0.15, 0.2) is 0 Å². The highest BCUT2D eigenvalue weighted by Gasteiger charge is 2.27. The quantitative estimate of drug-likeness (QED) is 0.770. The minimum absolute atomic E-state index is 0.640. The Morgan fingerprint density at radius 1 is 1.53 bits per heavy atom. The molecule has 1 saturated heterocycles. The number of nitrogens with zero attached hydrogens (tertiary/aromatic N) is 1. The molecule has 1 N–H and O–H groups in total. The topological polar surface area (TPSA) is 24.5 Å². The fraction of sp³-hybridized carbons (Fsp3) is 0.833. The monoisotopic (exact) mass is 210 g/mol. The molecule has 2 aliphatic rings. The second kappa shape index (κ2) is 4.99. The predicted molar refractivity (Wildman–Crippen MR) is 61.2 cm³/mol. The summed E-state index contributed by atoms with van der Waals surface area (Å²) in [5, 5.41) is 2.40. The van der Waals surface area contributed by atoms with Gasteiger partial charge in [0.25, 0.3) is 0 Å². The average molecular weight is 210 g/mol. The lowest BCUT2D eigenvalue weighted by Gasteiger charge is -2.36. The summed E-state index contributed by atoms with van der Waals surface area (Å²) in [6, 6.07) is 0.640. The molecule has 86 valence electrons. The fourth-order valence-electron chi connectivity index (χ4n) is 2.37. The average Bonchev–Trinajstić information content (AvgIpc) is 2.78. The van der Waals surface area contributed by atoms with Gasteiger partial charge in [-0.3, -0.25) is 0 Å². The Morgan fingerprint density at radius 2 is 2.27 bits per heavy atom. The lowest BCUT2D eigenvalue weighted by atomic mass is 10.0. The molecule has 0 bridgehead atoms. The molecule has 1 atom stereocenters. The number of hydrogen-bond donors (Lipinski definition) is 1. The summed E-state index contributed by atoms with van der Waals surface area (Å²) in [5.74, 6) is 0.669. The van der Waals surface area contributed by atoms with Gasteiger partial charge in [0.05, 0.1) is 0 Å². The molecule has 3 heteroatoms. The van der Waals surface area contributed by atoms with E-state index < -0.39 is 0 Å². The van der Waals surface area contributed by atoms with Crippen molar-refractivity contribution >= 4 is 0 Å². The van der Waals surface area contributed by atoms with Gasteiger partial charge >= 0.3 is 0 Å². The molecule has 2 rings (SSSR count). The first-order valence-corrected chi connectivity index (χ1v) is 6.13. The van der Waals surface area contributed by atoms with Crippen molar-refractivity contribution in [2.24, 2.45) is 5.92 Å². The summed E-state index contributed by atoms with van der Waals surface area (Å²) in [5.41, 5.74) is 4.97. The lowest BCUT2D eigenvalue weighted by molar-refractivity contribution is 0.0307. The first kappa shape index (κ1) is 11.0. The van der Waals surface area contributed by atoms with Gasteiger partial charge in [0.2, 0.25) is 0 Å². The molecule has 0 aromatic carbocycles. The van der Waals surface area contributed by atoms with Gasteiger partial charge in [-0.25, -0.2) is 5.43 Å². The smallest absolute Gasteiger partial charge is 0.0495 e. The molecule has 1 fully saturated rings. The zero-order chi connectivity index (χ0) is 10.7. The van der Waals surface area contributed by atoms with E-state index in [0.29, 0.717) is 12.0 Å². The Hall–Kier alpha value is -0.540. The van der Waals surface area contributed by atoms with Crippen molar-refractivity contribution in [1.29, 1.82) is 0 Å². The number of allylic oxidation sites excluding steroid dienone is 1. The standard InChI is InChI=1S/C12H22N2O/c1-3-10(2)12-4-7-13-14(12)11-5-8-15-9-6-11/h4,10-11,13H,3,5-9H2,1-2H3. The van der Waals surface area contributed by atoms with E-state index in [1.807, 2.05) is 0 Å². The second-order valence-corrected chi connectivity index (χ2v) is 4.51. The van der Waals surface area contributed by atoms with Crippen LogP contribution in [0.4, 0.5) is 0 Å². The summed E-state index contributed by atoms with van der Waals surface area (Å²) < 4.78 is 5.41. The van der Waals surface area contributed by atoms with Crippen molar-refractivity contribution in [2.45, 2.75) is 39.2 Å². The Bertz CT molecular complexity index is 234. The van der Waals surface area contributed by atoms with Crippen molar-refractivity contribution in [2.75, 3.05) is 19.8 Å². The van der Waals surface area contributed by atoms with Crippen molar-refractivity contribution in [3.05, 3.63) is 11.8 Å². The van der Waals surface area contributed by atoms with E-state index in [1.165, 1.54) is 12.1 Å². The van der Waals surface area contributed by atoms with Crippen LogP contribution in [-0.2, 0) is 4.74 Å². The Morgan fingerprint density at radius 3 is 2.93 bits per heavy atom. The molecule has 0 radical (unpaired) electrons. The van der Waals surface area contributed by atoms with E-state index in [0.717, 1.165) is 32.6 Å². The largest absolute Gasteiger partial charge is 0.381 e. The first-order valence-electron chi connectivity index (χ1n) is 6.13. The molecule has 2 heterocycles. The Balaban J connectivity index is 1.99. The third kappa shape index (κ3) is 2.34. The maximum absolute atomic E-state index is 5.41. The van der Waals surface area contributed by atoms with Crippen molar-refractivity contribution in [1.82, 2.24) is 10.4 Å². The van der Waals surface area contributed by atoms with Gasteiger partial charge in [0.1, 0.15) is 0 Å². The van der Waals surface area contributed by atoms with Gasteiger partial charge < -0.3 is 9.75 Å². The Kier molecular flexibility index (Phi) is 3.65. The number of nitrogens with one attached hydrogen (secondary N) is 1. The maximum atomic E-state index is 5.41. The summed E-state index contributed by atoms with van der Waals surface area (Å²) in [4.78, 5) is 0. The molecule has 2 aliphatic heterocycles. The molecule has 0 aliphatic carbocycles. The minimum atomic E-state index is 0.640. The number of hydrazine groups is 1. The number of hydrogen-bond acceptors (Lipinski definition) is 3. The highest BCUT2D eigenvalue weighted by atomic mass is 16.5. The highest BCUT2D eigenvalue weighted by molar-refractivity contribution is 5.11. The van der Waals surface area contributed by atoms with Crippen LogP contribution in [0.3, 0.4) is 0 Å². The van der Waals surface area contributed by atoms with E-state index >= 15 is 0 Å². The zero-order valence-corrected chi connectivity index (χ0v) is 9.83. The number of rotatable bonds is 3. The molecule has 1 unspecified atom stereocenters. The third-order valence-corrected chi connectivity index (χ3v) is 3.52. The normalized spacial score (nSPS) is 25.5. The fourth-order valence-corrected chi connectivity index (χ4v) is 2.37. The number of ether oxygens (including phenoxy) is 1. The summed E-state index contributed by atoms with van der Waals surface area (Å²) in [6.07, 6.45) is 5.86. The lowest BCUT2D eigenvalue weighted by Crippen LogP contribution is -2.45. The van der Waals surface area contributed by atoms with Crippen molar-refractivity contribution in [3.8, 4) is 0 Å². The maximum Gasteiger partial charge on any atom is 0.0495 e. The van der Waals surface area contributed by atoms with Crippen LogP contribution in [0.1, 0.15) is 33.1 Å². The molecule has 3 nitrogen and oxygen atoms in total. The van der Waals surface area contributed by atoms with Gasteiger partial charge in [-0.2, -0.15) is 0 Å². The van der Waals surface area contributed by atoms with E-state index in [-0.39, 0.29) is 0 Å². The minimum Gasteiger partial charge on any atom is -0.381 e. The molecule has 15 heavy (non-hydrogen) atoms. The molecule has 0 amide bonds. The van der Waals surface area contributed by atoms with Gasteiger partial charge in [-0.1, -0.05) is 13.8 Å². The summed E-state index contributed by atoms with van der Waals surface area (Å²) in [6.45, 7) is 7.39. The second-order valence-electron chi connectivity index (χ2n) is 4.51. The Labute approximate surface area is 92.4 Å². The molecule has 0 aromatic heterocycles. The van der Waals surface area contributed by atoms with Crippen LogP contribution in [-0.4, -0.2) is 30.8 Å². The van der Waals surface area contributed by atoms with Gasteiger partial charge in [-0.05, 0) is 31.3 Å². The van der Waals surface area contributed by atoms with Crippen molar-refractivity contribution < 1.29 is 4.74 Å². The molecule has 0 spiro atoms. The van der Waals surface area contributed by atoms with Crippen LogP contribution in [0.25, 0.3) is 0 Å². The van der Waals surface area contributed by atoms with E-state index in [1.54, 1.807) is 0 Å². The molecule has 0 saturated carbocycles. The first-order chi connectivity index (χ1) is 7.33. The van der Waals surface area contributed by atoms with Gasteiger partial charge in [0, 0.05) is 31.5 Å². The molecule has 0 aromatic rings. The summed E-state index contributed by atoms with van der Waals surface area (Å²) >= 11 is 0. The summed E-state index contributed by atoms with van der Waals surface area (Å²) in [7, 11) is 0. The van der Waals surface area contributed by atoms with Gasteiger partial charge in [-0.15, -0.1) is 0 Å². The molecular formula is C12H22N2O. The van der Waals surface area contributed by atoms with E-state index in [4.69, 9.17) is 4.74 Å². The van der Waals surface area contributed by atoms with Crippen LogP contribution in [0.5, 0.6) is 0 Å². The van der Waals surface area contributed by atoms with Crippen LogP contribution in [0.15, 0.2) is 11.8 Å². The SMILES string of the molecule is CCC(C)C1=CCNN1C1CCOCC1. The van der Waals surface area contributed by atoms with Crippen LogP contribution in [0.2, 0.25) is 0 Å². The van der Waals surface area contributed by atoms with Crippen LogP contribution in [0, 0.1) is 5.92 Å². The van der Waals surface area contributed by atoms with Crippen molar-refractivity contribution in [3.63, 3.8) is 0 Å². The zero-order valence-electron chi connectivity index (χ0n) is 9.83. The van der Waals surface area contributed by atoms with Crippen LogP contribution < -0.4 is 5.43 Å². The molecular weight excluding hydrogens is 188 g/mol. The van der Waals surface area contributed by atoms with E-state index in [9.17, 15) is 0 Å². The highest BCUT2D eigenvalue weighted by Crippen LogP contribution is 2.26. The predicted octanol–water partition coefficient (Wildman–Crippen LogP) is 1.92. The van der Waals surface area contributed by atoms with Crippen LogP contribution >= 0.6 is 0 Å². The van der Waals surface area contributed by atoms with E-state index in [2.05, 4.69) is 30.4 Å².